The zero-order chi connectivity index (χ0) is 16.3. The number of hydrogen-bond acceptors (Lipinski definition) is 3. The Hall–Kier alpha value is -2.32. The molecule has 116 valence electrons. The molecule has 0 saturated heterocycles. The van der Waals surface area contributed by atoms with Crippen LogP contribution in [0.2, 0.25) is 0 Å². The van der Waals surface area contributed by atoms with E-state index >= 15 is 0 Å². The van der Waals surface area contributed by atoms with Gasteiger partial charge in [0.2, 0.25) is 15.9 Å². The summed E-state index contributed by atoms with van der Waals surface area (Å²) in [6.45, 7) is 0. The lowest BCUT2D eigenvalue weighted by Gasteiger charge is -2.16. The highest BCUT2D eigenvalue weighted by atomic mass is 32.2. The van der Waals surface area contributed by atoms with Gasteiger partial charge in [-0.05, 0) is 17.7 Å². The summed E-state index contributed by atoms with van der Waals surface area (Å²) in [5.41, 5.74) is 5.51. The fraction of sp³-hybridized carbons (Fsp3) is 0.0714. The van der Waals surface area contributed by atoms with Crippen molar-refractivity contribution in [3.8, 4) is 0 Å². The summed E-state index contributed by atoms with van der Waals surface area (Å²) in [5, 5.41) is 0. The number of halogens is 2. The maximum Gasteiger partial charge on any atom is 0.241 e. The van der Waals surface area contributed by atoms with Crippen LogP contribution in [0.5, 0.6) is 0 Å². The van der Waals surface area contributed by atoms with Crippen molar-refractivity contribution in [2.45, 2.75) is 10.9 Å². The number of hydrogen-bond donors (Lipinski definition) is 2. The molecule has 0 aliphatic carbocycles. The highest BCUT2D eigenvalue weighted by molar-refractivity contribution is 7.89. The molecule has 0 radical (unpaired) electrons. The molecule has 5 nitrogen and oxygen atoms in total. The number of nitrogens with one attached hydrogen (secondary N) is 1. The number of carbonyl (C=O) groups excluding carboxylic acids is 1. The van der Waals surface area contributed by atoms with Crippen molar-refractivity contribution in [3.05, 3.63) is 65.7 Å². The Morgan fingerprint density at radius 1 is 1.05 bits per heavy atom. The Morgan fingerprint density at radius 3 is 2.09 bits per heavy atom. The quantitative estimate of drug-likeness (QED) is 0.872. The third kappa shape index (κ3) is 3.66. The average molecular weight is 326 g/mol. The molecule has 2 aromatic carbocycles. The summed E-state index contributed by atoms with van der Waals surface area (Å²) in [6, 6.07) is 8.37. The molecule has 8 heteroatoms. The molecule has 0 saturated carbocycles. The van der Waals surface area contributed by atoms with E-state index < -0.39 is 38.5 Å². The van der Waals surface area contributed by atoms with Gasteiger partial charge in [-0.3, -0.25) is 4.79 Å². The van der Waals surface area contributed by atoms with Gasteiger partial charge in [-0.15, -0.1) is 0 Å². The first kappa shape index (κ1) is 16.1. The summed E-state index contributed by atoms with van der Waals surface area (Å²) in [4.78, 5) is 10.9. The Labute approximate surface area is 125 Å². The lowest BCUT2D eigenvalue weighted by atomic mass is 10.1. The van der Waals surface area contributed by atoms with Gasteiger partial charge in [0.15, 0.2) is 0 Å². The minimum absolute atomic E-state index is 0.315. The fourth-order valence-electron chi connectivity index (χ4n) is 1.84. The predicted molar refractivity (Wildman–Crippen MR) is 75.1 cm³/mol. The van der Waals surface area contributed by atoms with Gasteiger partial charge in [0.25, 0.3) is 0 Å². The molecular weight excluding hydrogens is 314 g/mol. The molecule has 0 bridgehead atoms. The van der Waals surface area contributed by atoms with E-state index in [9.17, 15) is 22.0 Å². The van der Waals surface area contributed by atoms with E-state index in [-0.39, 0.29) is 0 Å². The van der Waals surface area contributed by atoms with Crippen molar-refractivity contribution in [3.63, 3.8) is 0 Å². The van der Waals surface area contributed by atoms with Gasteiger partial charge < -0.3 is 5.73 Å². The summed E-state index contributed by atoms with van der Waals surface area (Å²) in [6.07, 6.45) is 0. The van der Waals surface area contributed by atoms with Crippen LogP contribution < -0.4 is 10.5 Å². The second-order valence-electron chi connectivity index (χ2n) is 4.47. The van der Waals surface area contributed by atoms with Crippen molar-refractivity contribution in [1.82, 2.24) is 4.72 Å². The molecule has 2 rings (SSSR count). The van der Waals surface area contributed by atoms with Gasteiger partial charge in [0.05, 0.1) is 4.90 Å². The monoisotopic (exact) mass is 326 g/mol. The van der Waals surface area contributed by atoms with Crippen molar-refractivity contribution in [2.75, 3.05) is 0 Å². The molecule has 0 fully saturated rings. The maximum absolute atomic E-state index is 13.2. The highest BCUT2D eigenvalue weighted by Crippen LogP contribution is 2.18. The fourth-order valence-corrected chi connectivity index (χ4v) is 3.08. The summed E-state index contributed by atoms with van der Waals surface area (Å²) in [5.74, 6) is -3.03. The molecule has 1 atom stereocenters. The lowest BCUT2D eigenvalue weighted by molar-refractivity contribution is -0.119. The van der Waals surface area contributed by atoms with Crippen LogP contribution in [0, 0.1) is 11.6 Å². The second kappa shape index (κ2) is 6.20. The standard InChI is InChI=1S/C14H12F2N2O3S/c15-10-6-11(16)8-12(7-10)22(20,21)18-13(14(17)19)9-4-2-1-3-5-9/h1-8,13,18H,(H2,17,19). The molecule has 22 heavy (non-hydrogen) atoms. The molecule has 0 spiro atoms. The number of nitrogens with two attached hydrogens (primary N) is 1. The van der Waals surface area contributed by atoms with E-state index in [0.29, 0.717) is 23.8 Å². The Morgan fingerprint density at radius 2 is 1.59 bits per heavy atom. The van der Waals surface area contributed by atoms with Crippen LogP contribution in [-0.4, -0.2) is 14.3 Å². The molecule has 0 aliphatic heterocycles. The highest BCUT2D eigenvalue weighted by Gasteiger charge is 2.26. The first-order valence-corrected chi connectivity index (χ1v) is 7.60. The van der Waals surface area contributed by atoms with Crippen LogP contribution in [0.4, 0.5) is 8.78 Å². The molecule has 1 unspecified atom stereocenters. The minimum Gasteiger partial charge on any atom is -0.368 e. The van der Waals surface area contributed by atoms with E-state index in [1.165, 1.54) is 12.1 Å². The van der Waals surface area contributed by atoms with E-state index in [1.807, 2.05) is 4.72 Å². The maximum atomic E-state index is 13.2. The predicted octanol–water partition coefficient (Wildman–Crippen LogP) is 1.47. The summed E-state index contributed by atoms with van der Waals surface area (Å²) in [7, 11) is -4.33. The smallest absolute Gasteiger partial charge is 0.241 e. The third-order valence-corrected chi connectivity index (χ3v) is 4.24. The molecule has 0 aromatic heterocycles. The van der Waals surface area contributed by atoms with Gasteiger partial charge in [0.1, 0.15) is 17.7 Å². The van der Waals surface area contributed by atoms with Crippen molar-refractivity contribution >= 4 is 15.9 Å². The van der Waals surface area contributed by atoms with Gasteiger partial charge in [-0.25, -0.2) is 17.2 Å². The molecule has 2 aromatic rings. The SMILES string of the molecule is NC(=O)C(NS(=O)(=O)c1cc(F)cc(F)c1)c1ccccc1. The molecule has 1 amide bonds. The lowest BCUT2D eigenvalue weighted by Crippen LogP contribution is -2.37. The molecule has 0 heterocycles. The number of amides is 1. The van der Waals surface area contributed by atoms with Crippen LogP contribution in [0.25, 0.3) is 0 Å². The van der Waals surface area contributed by atoms with Gasteiger partial charge in [0, 0.05) is 6.07 Å². The zero-order valence-corrected chi connectivity index (χ0v) is 12.0. The normalized spacial score (nSPS) is 12.8. The number of carbonyl (C=O) groups is 1. The van der Waals surface area contributed by atoms with E-state index in [4.69, 9.17) is 5.73 Å². The molecular formula is C14H12F2N2O3S. The van der Waals surface area contributed by atoms with Crippen molar-refractivity contribution < 1.29 is 22.0 Å². The molecule has 3 N–H and O–H groups in total. The average Bonchev–Trinajstić information content (AvgIpc) is 2.44. The Balaban J connectivity index is 2.39. The van der Waals surface area contributed by atoms with Crippen LogP contribution >= 0.6 is 0 Å². The van der Waals surface area contributed by atoms with Crippen LogP contribution in [0.1, 0.15) is 11.6 Å². The van der Waals surface area contributed by atoms with Crippen LogP contribution in [0.15, 0.2) is 53.4 Å². The van der Waals surface area contributed by atoms with Crippen molar-refractivity contribution in [1.29, 1.82) is 0 Å². The Bertz CT molecular complexity index is 775. The van der Waals surface area contributed by atoms with Crippen LogP contribution in [0.3, 0.4) is 0 Å². The third-order valence-electron chi connectivity index (χ3n) is 2.84. The van der Waals surface area contributed by atoms with Crippen molar-refractivity contribution in [2.24, 2.45) is 5.73 Å². The van der Waals surface area contributed by atoms with Gasteiger partial charge in [-0.2, -0.15) is 4.72 Å². The Kier molecular flexibility index (Phi) is 4.53. The first-order chi connectivity index (χ1) is 10.3. The first-order valence-electron chi connectivity index (χ1n) is 6.12. The zero-order valence-electron chi connectivity index (χ0n) is 11.2. The second-order valence-corrected chi connectivity index (χ2v) is 6.19. The van der Waals surface area contributed by atoms with Crippen LogP contribution in [-0.2, 0) is 14.8 Å². The van der Waals surface area contributed by atoms with Gasteiger partial charge in [-0.1, -0.05) is 30.3 Å². The minimum atomic E-state index is -4.33. The van der Waals surface area contributed by atoms with E-state index in [0.717, 1.165) is 0 Å². The number of rotatable bonds is 5. The largest absolute Gasteiger partial charge is 0.368 e. The summed E-state index contributed by atoms with van der Waals surface area (Å²) < 4.78 is 52.7. The van der Waals surface area contributed by atoms with Gasteiger partial charge >= 0.3 is 0 Å². The number of benzene rings is 2. The van der Waals surface area contributed by atoms with E-state index in [1.54, 1.807) is 18.2 Å². The topological polar surface area (TPSA) is 89.3 Å². The van der Waals surface area contributed by atoms with E-state index in [2.05, 4.69) is 0 Å². The summed E-state index contributed by atoms with van der Waals surface area (Å²) >= 11 is 0. The number of sulfonamides is 1. The molecule has 0 aliphatic rings. The number of primary amides is 1.